The van der Waals surface area contributed by atoms with Crippen LogP contribution in [-0.2, 0) is 27.4 Å². The molecule has 160 valence electrons. The number of esters is 1. The molecular formula is C24H30N2O4. The highest BCUT2D eigenvalue weighted by molar-refractivity contribution is 6.16. The highest BCUT2D eigenvalue weighted by atomic mass is 16.5. The van der Waals surface area contributed by atoms with E-state index in [4.69, 9.17) is 14.2 Å². The minimum absolute atomic E-state index is 0.339. The lowest BCUT2D eigenvalue weighted by molar-refractivity contribution is -0.133. The Balaban J connectivity index is 1.69. The molecule has 0 amide bonds. The van der Waals surface area contributed by atoms with Gasteiger partial charge >= 0.3 is 5.97 Å². The van der Waals surface area contributed by atoms with Gasteiger partial charge in [-0.1, -0.05) is 36.4 Å². The molecule has 3 rings (SSSR count). The zero-order valence-electron chi connectivity index (χ0n) is 18.0. The molecule has 6 heteroatoms. The molecule has 1 fully saturated rings. The molecule has 0 aliphatic carbocycles. The van der Waals surface area contributed by atoms with E-state index in [0.29, 0.717) is 12.2 Å². The molecule has 6 nitrogen and oxygen atoms in total. The van der Waals surface area contributed by atoms with Crippen molar-refractivity contribution in [2.24, 2.45) is 0 Å². The fourth-order valence-corrected chi connectivity index (χ4v) is 3.52. The van der Waals surface area contributed by atoms with E-state index < -0.39 is 5.97 Å². The van der Waals surface area contributed by atoms with Crippen LogP contribution in [-0.4, -0.2) is 63.2 Å². The van der Waals surface area contributed by atoms with E-state index in [1.165, 1.54) is 26.0 Å². The molecule has 2 aromatic carbocycles. The molecule has 0 bridgehead atoms. The van der Waals surface area contributed by atoms with Gasteiger partial charge in [-0.05, 0) is 35.9 Å². The highest BCUT2D eigenvalue weighted by Gasteiger charge is 2.17. The van der Waals surface area contributed by atoms with Crippen molar-refractivity contribution in [3.05, 3.63) is 71.5 Å². The van der Waals surface area contributed by atoms with Crippen molar-refractivity contribution in [1.29, 1.82) is 0 Å². The quantitative estimate of drug-likeness (QED) is 0.379. The van der Waals surface area contributed by atoms with E-state index in [2.05, 4.69) is 29.0 Å². The molecule has 1 saturated heterocycles. The minimum Gasteiger partial charge on any atom is -0.503 e. The van der Waals surface area contributed by atoms with Crippen LogP contribution < -0.4 is 4.74 Å². The van der Waals surface area contributed by atoms with Crippen LogP contribution in [0.4, 0.5) is 0 Å². The summed E-state index contributed by atoms with van der Waals surface area (Å²) in [5, 5.41) is 0. The number of ether oxygens (including phenoxy) is 3. The number of rotatable bonds is 8. The van der Waals surface area contributed by atoms with Crippen LogP contribution in [0.2, 0.25) is 0 Å². The second-order valence-corrected chi connectivity index (χ2v) is 7.43. The summed E-state index contributed by atoms with van der Waals surface area (Å²) in [7, 11) is 5.03. The van der Waals surface area contributed by atoms with Gasteiger partial charge in [-0.15, -0.1) is 0 Å². The van der Waals surface area contributed by atoms with Gasteiger partial charge in [0, 0.05) is 32.7 Å². The zero-order valence-corrected chi connectivity index (χ0v) is 18.0. The summed E-state index contributed by atoms with van der Waals surface area (Å²) in [6.07, 6.45) is 1.40. The smallest absolute Gasteiger partial charge is 0.341 e. The first-order chi connectivity index (χ1) is 14.6. The maximum absolute atomic E-state index is 12.2. The van der Waals surface area contributed by atoms with Crippen molar-refractivity contribution in [2.45, 2.75) is 13.2 Å². The lowest BCUT2D eigenvalue weighted by Gasteiger charge is -2.32. The predicted octanol–water partition coefficient (Wildman–Crippen LogP) is 3.17. The lowest BCUT2D eigenvalue weighted by atomic mass is 10.0. The van der Waals surface area contributed by atoms with E-state index in [1.807, 2.05) is 36.4 Å². The van der Waals surface area contributed by atoms with Gasteiger partial charge in [0.15, 0.2) is 0 Å². The number of piperazine rings is 1. The molecule has 2 aromatic rings. The molecule has 0 radical (unpaired) electrons. The van der Waals surface area contributed by atoms with Gasteiger partial charge in [-0.3, -0.25) is 4.90 Å². The van der Waals surface area contributed by atoms with Gasteiger partial charge in [0.05, 0.1) is 20.5 Å². The normalized spacial score (nSPS) is 15.6. The van der Waals surface area contributed by atoms with Gasteiger partial charge in [0.2, 0.25) is 0 Å². The Morgan fingerprint density at radius 1 is 1.03 bits per heavy atom. The average molecular weight is 411 g/mol. The number of benzene rings is 2. The van der Waals surface area contributed by atoms with Crippen molar-refractivity contribution in [1.82, 2.24) is 9.80 Å². The number of carbonyl (C=O) groups excluding carboxylic acids is 1. The maximum atomic E-state index is 12.2. The minimum atomic E-state index is -0.446. The number of carbonyl (C=O) groups is 1. The number of hydrogen-bond donors (Lipinski definition) is 0. The summed E-state index contributed by atoms with van der Waals surface area (Å²) >= 11 is 0. The van der Waals surface area contributed by atoms with Crippen molar-refractivity contribution < 1.29 is 19.0 Å². The number of nitrogens with zero attached hydrogens (tertiary/aromatic N) is 2. The highest BCUT2D eigenvalue weighted by Crippen LogP contribution is 2.23. The van der Waals surface area contributed by atoms with E-state index in [9.17, 15) is 4.79 Å². The summed E-state index contributed by atoms with van der Waals surface area (Å²) in [5.41, 5.74) is 3.22. The van der Waals surface area contributed by atoms with Gasteiger partial charge in [-0.2, -0.15) is 0 Å². The van der Waals surface area contributed by atoms with E-state index in [0.717, 1.165) is 49.6 Å². The summed E-state index contributed by atoms with van der Waals surface area (Å²) in [6.45, 7) is 5.63. The number of hydrogen-bond acceptors (Lipinski definition) is 6. The Bertz CT molecular complexity index is 873. The molecule has 0 saturated carbocycles. The summed E-state index contributed by atoms with van der Waals surface area (Å²) in [4.78, 5) is 17.0. The Labute approximate surface area is 178 Å². The molecule has 0 spiro atoms. The first-order valence-electron chi connectivity index (χ1n) is 10.1. The lowest BCUT2D eigenvalue weighted by Crippen LogP contribution is -2.43. The molecule has 1 aliphatic rings. The fraction of sp³-hybridized carbons (Fsp3) is 0.375. The largest absolute Gasteiger partial charge is 0.503 e. The van der Waals surface area contributed by atoms with Crippen LogP contribution >= 0.6 is 0 Å². The van der Waals surface area contributed by atoms with Crippen LogP contribution in [0.3, 0.4) is 0 Å². The van der Waals surface area contributed by atoms with Crippen molar-refractivity contribution in [3.8, 4) is 5.75 Å². The third-order valence-corrected chi connectivity index (χ3v) is 5.24. The zero-order chi connectivity index (χ0) is 21.3. The first-order valence-corrected chi connectivity index (χ1v) is 10.1. The molecule has 1 aliphatic heterocycles. The van der Waals surface area contributed by atoms with Crippen molar-refractivity contribution in [2.75, 3.05) is 47.4 Å². The monoisotopic (exact) mass is 410 g/mol. The summed E-state index contributed by atoms with van der Waals surface area (Å²) < 4.78 is 16.1. The maximum Gasteiger partial charge on any atom is 0.341 e. The molecule has 30 heavy (non-hydrogen) atoms. The van der Waals surface area contributed by atoms with Gasteiger partial charge < -0.3 is 19.1 Å². The fourth-order valence-electron chi connectivity index (χ4n) is 3.52. The molecule has 0 N–H and O–H groups in total. The Kier molecular flexibility index (Phi) is 7.88. The van der Waals surface area contributed by atoms with Gasteiger partial charge in [0.1, 0.15) is 17.9 Å². The van der Waals surface area contributed by atoms with E-state index in [1.54, 1.807) is 0 Å². The van der Waals surface area contributed by atoms with E-state index in [-0.39, 0.29) is 0 Å². The summed E-state index contributed by atoms with van der Waals surface area (Å²) in [6, 6.07) is 15.8. The Hall–Kier alpha value is -2.83. The van der Waals surface area contributed by atoms with Gasteiger partial charge in [0.25, 0.3) is 0 Å². The third kappa shape index (κ3) is 5.84. The predicted molar refractivity (Wildman–Crippen MR) is 117 cm³/mol. The van der Waals surface area contributed by atoms with Crippen LogP contribution in [0.25, 0.3) is 5.57 Å². The van der Waals surface area contributed by atoms with E-state index >= 15 is 0 Å². The molecule has 0 atom stereocenters. The average Bonchev–Trinajstić information content (AvgIpc) is 2.78. The topological polar surface area (TPSA) is 51.2 Å². The Morgan fingerprint density at radius 2 is 1.80 bits per heavy atom. The number of methoxy groups -OCH3 is 2. The van der Waals surface area contributed by atoms with Crippen LogP contribution in [0.1, 0.15) is 16.7 Å². The first kappa shape index (κ1) is 21.9. The Morgan fingerprint density at radius 3 is 2.53 bits per heavy atom. The van der Waals surface area contributed by atoms with Gasteiger partial charge in [-0.25, -0.2) is 4.79 Å². The summed E-state index contributed by atoms with van der Waals surface area (Å²) in [5.74, 6) is 0.366. The van der Waals surface area contributed by atoms with Crippen molar-refractivity contribution in [3.63, 3.8) is 0 Å². The standard InChI is InChI=1S/C24H30N2O4/c1-25-11-13-26(14-12-25)16-19-7-6-9-21(15-19)30-17-20-8-4-5-10-22(20)23(18-28-2)24(27)29-3/h4-10,15,18H,11-14,16-17H2,1-3H3/b23-18+. The molecular weight excluding hydrogens is 380 g/mol. The second-order valence-electron chi connectivity index (χ2n) is 7.43. The third-order valence-electron chi connectivity index (χ3n) is 5.24. The molecule has 1 heterocycles. The van der Waals surface area contributed by atoms with Crippen LogP contribution in [0, 0.1) is 0 Å². The van der Waals surface area contributed by atoms with Crippen LogP contribution in [0.15, 0.2) is 54.8 Å². The molecule has 0 unspecified atom stereocenters. The SMILES string of the molecule is CO/C=C(/C(=O)OC)c1ccccc1COc1cccc(CN2CCN(C)CC2)c1. The van der Waals surface area contributed by atoms with Crippen LogP contribution in [0.5, 0.6) is 5.75 Å². The number of likely N-dealkylation sites (N-methyl/N-ethyl adjacent to an activating group) is 1. The van der Waals surface area contributed by atoms with Crippen molar-refractivity contribution >= 4 is 11.5 Å². The molecule has 0 aromatic heterocycles. The second kappa shape index (κ2) is 10.8.